The van der Waals surface area contributed by atoms with Crippen LogP contribution in [0.3, 0.4) is 0 Å². The molecule has 3 aromatic rings. The summed E-state index contributed by atoms with van der Waals surface area (Å²) in [5.74, 6) is -4.66. The molecular formula is C37H43F3N4O11S. The molecule has 1 aliphatic heterocycles. The van der Waals surface area contributed by atoms with E-state index in [1.54, 1.807) is 36.4 Å². The van der Waals surface area contributed by atoms with Gasteiger partial charge in [-0.1, -0.05) is 60.7 Å². The molecule has 6 N–H and O–H groups in total. The van der Waals surface area contributed by atoms with Crippen LogP contribution in [0, 0.1) is 0 Å². The number of esters is 1. The zero-order chi connectivity index (χ0) is 41.5. The van der Waals surface area contributed by atoms with Gasteiger partial charge in [-0.2, -0.15) is 13.2 Å². The number of ether oxygens (including phenoxy) is 2. The number of aliphatic carboxylic acids is 1. The number of nitrogens with one attached hydrogen (secondary N) is 4. The number of alkyl halides is 3. The van der Waals surface area contributed by atoms with E-state index in [-0.39, 0.29) is 41.9 Å². The molecule has 3 atom stereocenters. The minimum absolute atomic E-state index is 0.0328. The second-order valence-corrected chi connectivity index (χ2v) is 14.4. The summed E-state index contributed by atoms with van der Waals surface area (Å²) in [5, 5.41) is 25.4. The molecule has 3 aromatic carbocycles. The molecule has 4 rings (SSSR count). The normalized spacial score (nSPS) is 15.6. The number of benzene rings is 3. The third-order valence-electron chi connectivity index (χ3n) is 8.19. The molecule has 0 radical (unpaired) electrons. The summed E-state index contributed by atoms with van der Waals surface area (Å²) in [5.41, 5.74) is 2.20. The molecule has 1 heterocycles. The van der Waals surface area contributed by atoms with Gasteiger partial charge >= 0.3 is 18.1 Å². The van der Waals surface area contributed by atoms with Crippen LogP contribution in [0.1, 0.15) is 58.5 Å². The molecule has 3 amide bonds. The van der Waals surface area contributed by atoms with Crippen molar-refractivity contribution in [3.63, 3.8) is 0 Å². The Labute approximate surface area is 321 Å². The SMILES string of the molecule is COC(=O)c1c(O)cccc1OCCCCNC[C@H](Cc1ccc(C2CC(=O)NS2(=O)=O)cc1)NC(=O)[C@H](Cc1ccccc1)NC(C)=O.O=C(O)C(F)(F)F. The van der Waals surface area contributed by atoms with Crippen LogP contribution in [-0.4, -0.2) is 93.4 Å². The summed E-state index contributed by atoms with van der Waals surface area (Å²) in [6.45, 7) is 2.62. The maximum Gasteiger partial charge on any atom is 0.490 e. The van der Waals surface area contributed by atoms with Gasteiger partial charge in [0.1, 0.15) is 28.4 Å². The van der Waals surface area contributed by atoms with Crippen LogP contribution in [0.4, 0.5) is 13.2 Å². The van der Waals surface area contributed by atoms with Crippen molar-refractivity contribution in [1.29, 1.82) is 0 Å². The third kappa shape index (κ3) is 14.2. The molecule has 0 aromatic heterocycles. The molecule has 1 unspecified atom stereocenters. The minimum Gasteiger partial charge on any atom is -0.507 e. The number of methoxy groups -OCH3 is 1. The van der Waals surface area contributed by atoms with Gasteiger partial charge in [0, 0.05) is 25.9 Å². The molecule has 19 heteroatoms. The zero-order valence-corrected chi connectivity index (χ0v) is 31.2. The van der Waals surface area contributed by atoms with E-state index in [9.17, 15) is 45.9 Å². The highest BCUT2D eigenvalue weighted by molar-refractivity contribution is 7.90. The van der Waals surface area contributed by atoms with E-state index in [0.717, 1.165) is 11.1 Å². The molecule has 1 fully saturated rings. The Morgan fingerprint density at radius 1 is 0.929 bits per heavy atom. The number of carboxylic acids is 1. The van der Waals surface area contributed by atoms with E-state index in [2.05, 4.69) is 16.0 Å². The van der Waals surface area contributed by atoms with Gasteiger partial charge in [-0.25, -0.2) is 18.0 Å². The van der Waals surface area contributed by atoms with E-state index in [0.29, 0.717) is 44.3 Å². The molecule has 0 aliphatic carbocycles. The first kappa shape index (κ1) is 44.7. The van der Waals surface area contributed by atoms with Crippen LogP contribution >= 0.6 is 0 Å². The van der Waals surface area contributed by atoms with E-state index in [1.165, 1.54) is 20.1 Å². The largest absolute Gasteiger partial charge is 0.507 e. The number of carbonyl (C=O) groups excluding carboxylic acids is 4. The first-order valence-corrected chi connectivity index (χ1v) is 18.7. The lowest BCUT2D eigenvalue weighted by atomic mass is 10.0. The van der Waals surface area contributed by atoms with Crippen molar-refractivity contribution in [1.82, 2.24) is 20.7 Å². The average molecular weight is 809 g/mol. The molecule has 56 heavy (non-hydrogen) atoms. The van der Waals surface area contributed by atoms with E-state index in [1.807, 2.05) is 35.1 Å². The van der Waals surface area contributed by atoms with E-state index < -0.39 is 51.4 Å². The molecule has 1 saturated heterocycles. The van der Waals surface area contributed by atoms with Gasteiger partial charge < -0.3 is 35.6 Å². The quantitative estimate of drug-likeness (QED) is 0.0856. The van der Waals surface area contributed by atoms with Crippen LogP contribution in [0.25, 0.3) is 0 Å². The van der Waals surface area contributed by atoms with Crippen molar-refractivity contribution < 1.29 is 65.2 Å². The molecule has 15 nitrogen and oxygen atoms in total. The highest BCUT2D eigenvalue weighted by atomic mass is 32.2. The summed E-state index contributed by atoms with van der Waals surface area (Å²) < 4.78 is 68.9. The Morgan fingerprint density at radius 2 is 1.57 bits per heavy atom. The zero-order valence-electron chi connectivity index (χ0n) is 30.4. The van der Waals surface area contributed by atoms with Crippen molar-refractivity contribution in [2.24, 2.45) is 0 Å². The van der Waals surface area contributed by atoms with Crippen LogP contribution in [0.2, 0.25) is 0 Å². The summed E-state index contributed by atoms with van der Waals surface area (Å²) in [6, 6.07) is 19.6. The van der Waals surface area contributed by atoms with Crippen molar-refractivity contribution in [3.8, 4) is 11.5 Å². The van der Waals surface area contributed by atoms with Crippen molar-refractivity contribution in [2.75, 3.05) is 26.8 Å². The Hall–Kier alpha value is -5.69. The van der Waals surface area contributed by atoms with Crippen LogP contribution < -0.4 is 25.4 Å². The van der Waals surface area contributed by atoms with Gasteiger partial charge in [0.25, 0.3) is 0 Å². The van der Waals surface area contributed by atoms with E-state index >= 15 is 0 Å². The second kappa shape index (κ2) is 20.8. The number of halogens is 3. The van der Waals surface area contributed by atoms with Crippen molar-refractivity contribution in [2.45, 2.75) is 62.5 Å². The van der Waals surface area contributed by atoms with Crippen LogP contribution in [0.15, 0.2) is 72.8 Å². The van der Waals surface area contributed by atoms with Gasteiger partial charge in [0.2, 0.25) is 27.7 Å². The Morgan fingerprint density at radius 3 is 2.14 bits per heavy atom. The predicted molar refractivity (Wildman–Crippen MR) is 195 cm³/mol. The number of unbranched alkanes of at least 4 members (excludes halogenated alkanes) is 1. The maximum absolute atomic E-state index is 13.5. The molecule has 0 bridgehead atoms. The molecule has 0 saturated carbocycles. The van der Waals surface area contributed by atoms with Crippen LogP contribution in [-0.2, 0) is 46.8 Å². The molecule has 0 spiro atoms. The number of phenolic OH excluding ortho intramolecular Hbond substituents is 1. The summed E-state index contributed by atoms with van der Waals surface area (Å²) in [7, 11) is -2.55. The number of amides is 3. The van der Waals surface area contributed by atoms with Gasteiger partial charge in [0.15, 0.2) is 0 Å². The highest BCUT2D eigenvalue weighted by Gasteiger charge is 2.39. The predicted octanol–water partition coefficient (Wildman–Crippen LogP) is 2.93. The van der Waals surface area contributed by atoms with Crippen molar-refractivity contribution >= 4 is 39.7 Å². The number of phenols is 1. The Kier molecular flexibility index (Phi) is 16.6. The monoisotopic (exact) mass is 808 g/mol. The lowest BCUT2D eigenvalue weighted by molar-refractivity contribution is -0.192. The topological polar surface area (TPSA) is 227 Å². The second-order valence-electron chi connectivity index (χ2n) is 12.6. The summed E-state index contributed by atoms with van der Waals surface area (Å²) in [6.07, 6.45) is -3.18. The molecular weight excluding hydrogens is 765 g/mol. The maximum atomic E-state index is 13.5. The Balaban J connectivity index is 0.00000109. The lowest BCUT2D eigenvalue weighted by Crippen LogP contribution is -2.53. The molecule has 304 valence electrons. The van der Waals surface area contributed by atoms with Gasteiger partial charge in [-0.15, -0.1) is 0 Å². The number of sulfonamides is 1. The van der Waals surface area contributed by atoms with E-state index in [4.69, 9.17) is 19.4 Å². The average Bonchev–Trinajstić information content (AvgIpc) is 3.42. The molecule has 1 aliphatic rings. The fourth-order valence-corrected chi connectivity index (χ4v) is 6.97. The number of rotatable bonds is 17. The summed E-state index contributed by atoms with van der Waals surface area (Å²) in [4.78, 5) is 58.1. The third-order valence-corrected chi connectivity index (χ3v) is 9.89. The number of hydrogen-bond donors (Lipinski definition) is 6. The first-order chi connectivity index (χ1) is 26.4. The number of carbonyl (C=O) groups is 5. The van der Waals surface area contributed by atoms with Gasteiger partial charge in [0.05, 0.1) is 20.1 Å². The summed E-state index contributed by atoms with van der Waals surface area (Å²) >= 11 is 0. The van der Waals surface area contributed by atoms with Crippen LogP contribution in [0.5, 0.6) is 11.5 Å². The number of hydrogen-bond acceptors (Lipinski definition) is 11. The fourth-order valence-electron chi connectivity index (χ4n) is 5.54. The van der Waals surface area contributed by atoms with Gasteiger partial charge in [-0.3, -0.25) is 19.1 Å². The standard InChI is InChI=1S/C35H42N4O9S.C2HF3O2/c1-23(40)37-28(20-24-9-4-3-5-10-24)34(43)38-27(19-25-13-15-26(16-14-25)31-21-32(42)39-49(31,45)46)22-36-17-6-7-18-48-30-12-8-11-29(41)33(30)35(44)47-2;3-2(4,5)1(6)7/h3-5,8-16,27-28,31,36,41H,6-7,17-22H2,1-2H3,(H,37,40)(H,38,43)(H,39,42);(H,6,7)/t27-,28-,31?;/m0./s1. The van der Waals surface area contributed by atoms with Gasteiger partial charge in [-0.05, 0) is 54.6 Å². The smallest absolute Gasteiger partial charge is 0.490 e. The minimum atomic E-state index is -5.08. The lowest BCUT2D eigenvalue weighted by Gasteiger charge is -2.24. The fraction of sp³-hybridized carbons (Fsp3) is 0.378. The Bertz CT molecular complexity index is 1930. The van der Waals surface area contributed by atoms with Crippen molar-refractivity contribution in [3.05, 3.63) is 95.1 Å². The first-order valence-electron chi connectivity index (χ1n) is 17.2. The number of aromatic hydroxyl groups is 1. The number of carboxylic acid groups (broad SMARTS) is 1. The highest BCUT2D eigenvalue weighted by Crippen LogP contribution is 2.30.